The third kappa shape index (κ3) is 224. The summed E-state index contributed by atoms with van der Waals surface area (Å²) in [5.41, 5.74) is 0. The molecule has 0 heterocycles. The van der Waals surface area contributed by atoms with Gasteiger partial charge in [0.2, 0.25) is 0 Å². The molecule has 0 rings (SSSR count). The van der Waals surface area contributed by atoms with Crippen LogP contribution in [0.4, 0.5) is 0 Å². The van der Waals surface area contributed by atoms with E-state index in [1.807, 2.05) is 0 Å². The van der Waals surface area contributed by atoms with Gasteiger partial charge in [-0.15, -0.1) is 0 Å². The molecule has 61 valence electrons. The second-order valence-electron chi connectivity index (χ2n) is 0. The van der Waals surface area contributed by atoms with Crippen molar-refractivity contribution >= 4 is 37.7 Å². The first kappa shape index (κ1) is 395. The molecule has 0 saturated heterocycles. The molecule has 0 aromatic rings. The Morgan fingerprint density at radius 1 is 0.333 bits per heavy atom. The van der Waals surface area contributed by atoms with Gasteiger partial charge >= 0.3 is 37.7 Å². The van der Waals surface area contributed by atoms with E-state index in [9.17, 15) is 0 Å². The molecule has 0 aliphatic rings. The number of hydrogen-bond donors (Lipinski definition) is 0. The largest absolute Gasteiger partial charge is 2.00 e. The summed E-state index contributed by atoms with van der Waals surface area (Å²) >= 11 is 0. The van der Waals surface area contributed by atoms with Crippen LogP contribution < -0.4 is 0 Å². The molecule has 0 fully saturated rings. The van der Waals surface area contributed by atoms with Gasteiger partial charge in [-0.25, -0.2) is 0 Å². The molecule has 7 nitrogen and oxygen atoms in total. The van der Waals surface area contributed by atoms with Crippen LogP contribution in [-0.2, 0) is 18.6 Å². The predicted octanol–water partition coefficient (Wildman–Crippen LogP) is -1.62. The Labute approximate surface area is 93.9 Å². The van der Waals surface area contributed by atoms with E-state index in [1.165, 1.54) is 0 Å². The van der Waals surface area contributed by atoms with Crippen molar-refractivity contribution in [1.29, 1.82) is 0 Å². The van der Waals surface area contributed by atoms with Gasteiger partial charge in [0.25, 0.3) is 0 Å². The van der Waals surface area contributed by atoms with Crippen molar-refractivity contribution < 1.29 is 56.9 Å². The summed E-state index contributed by atoms with van der Waals surface area (Å²) in [4.78, 5) is 0. The van der Waals surface area contributed by atoms with Crippen molar-refractivity contribution in [3.63, 3.8) is 0 Å². The zero-order valence-electron chi connectivity index (χ0n) is 4.28. The summed E-state index contributed by atoms with van der Waals surface area (Å²) in [6, 6.07) is 0. The van der Waals surface area contributed by atoms with E-state index in [2.05, 4.69) is 0 Å². The monoisotopic (exact) mass is 210 g/mol. The van der Waals surface area contributed by atoms with Crippen LogP contribution in [0.1, 0.15) is 0 Å². The predicted molar refractivity (Wildman–Crippen MR) is 19.3 cm³/mol. The third-order valence-electron chi connectivity index (χ3n) is 0. The second kappa shape index (κ2) is 287. The maximum atomic E-state index is 0. The van der Waals surface area contributed by atoms with Crippen molar-refractivity contribution in [2.45, 2.75) is 0 Å². The van der Waals surface area contributed by atoms with Gasteiger partial charge in [0.05, 0.1) is 0 Å². The summed E-state index contributed by atoms with van der Waals surface area (Å²) in [5, 5.41) is 0. The number of hydrogen-bond acceptors (Lipinski definition) is 7. The van der Waals surface area contributed by atoms with Crippen LogP contribution in [0.2, 0.25) is 0 Å². The van der Waals surface area contributed by atoms with Gasteiger partial charge in [0, 0.05) is 18.6 Å². The average Bonchev–Trinajstić information content (AvgIpc) is 0. The Balaban J connectivity index is 0. The second-order valence-corrected chi connectivity index (χ2v) is 0. The van der Waals surface area contributed by atoms with Crippen LogP contribution in [0.5, 0.6) is 0 Å². The van der Waals surface area contributed by atoms with Gasteiger partial charge < -0.3 is 38.3 Å². The summed E-state index contributed by atoms with van der Waals surface area (Å²) in [6.07, 6.45) is 0. The molecule has 0 aliphatic carbocycles. The quantitative estimate of drug-likeness (QED) is 0.425. The molecule has 9 heavy (non-hydrogen) atoms. The minimum Gasteiger partial charge on any atom is -0.870 e. The maximum absolute atomic E-state index is 0. The fourth-order valence-corrected chi connectivity index (χ4v) is 0. The van der Waals surface area contributed by atoms with Crippen LogP contribution >= 0.6 is 0 Å². The molecule has 7 N–H and O–H groups in total. The summed E-state index contributed by atoms with van der Waals surface area (Å²) in [6.45, 7) is 0. The van der Waals surface area contributed by atoms with Crippen molar-refractivity contribution in [3.8, 4) is 0 Å². The van der Waals surface area contributed by atoms with Crippen molar-refractivity contribution in [2.24, 2.45) is 0 Å². The zero-order chi connectivity index (χ0) is 0. The van der Waals surface area contributed by atoms with Crippen molar-refractivity contribution in [1.82, 2.24) is 0 Å². The van der Waals surface area contributed by atoms with Gasteiger partial charge in [0.15, 0.2) is 0 Å². The van der Waals surface area contributed by atoms with Gasteiger partial charge in [0.1, 0.15) is 0 Å². The first-order valence-corrected chi connectivity index (χ1v) is 0. The molecule has 9 heteroatoms. The van der Waals surface area contributed by atoms with E-state index in [4.69, 9.17) is 0 Å². The molecule has 0 bridgehead atoms. The summed E-state index contributed by atoms with van der Waals surface area (Å²) in [7, 11) is 0. The fraction of sp³-hybridized carbons (Fsp3) is 0. The third-order valence-corrected chi connectivity index (χ3v) is 0. The van der Waals surface area contributed by atoms with Gasteiger partial charge in [-0.1, -0.05) is 0 Å². The molecule has 1 radical (unpaired) electrons. The molecule has 0 aromatic carbocycles. The van der Waals surface area contributed by atoms with Crippen LogP contribution in [0.25, 0.3) is 0 Å². The number of rotatable bonds is 0. The Hall–Kier alpha value is 1.56. The fourth-order valence-electron chi connectivity index (χ4n) is 0. The van der Waals surface area contributed by atoms with E-state index in [0.717, 1.165) is 0 Å². The van der Waals surface area contributed by atoms with Crippen LogP contribution in [-0.4, -0.2) is 76.1 Å². The SMILES string of the molecule is [Ca+2].[OH-].[OH-].[OH-].[OH-].[OH-].[OH-].[OH-].[V]. The first-order valence-electron chi connectivity index (χ1n) is 0. The molecular weight excluding hydrogens is 203 g/mol. The average molecular weight is 210 g/mol. The Morgan fingerprint density at radius 2 is 0.333 bits per heavy atom. The first-order chi connectivity index (χ1) is 0. The summed E-state index contributed by atoms with van der Waals surface area (Å²) < 4.78 is 0. The topological polar surface area (TPSA) is 210 Å². The smallest absolute Gasteiger partial charge is 0.870 e. The molecule has 0 aliphatic heterocycles. The zero-order valence-corrected chi connectivity index (χ0v) is 7.89. The van der Waals surface area contributed by atoms with Crippen LogP contribution in [0, 0.1) is 0 Å². The minimum absolute atomic E-state index is 0. The molecule has 0 saturated carbocycles. The maximum Gasteiger partial charge on any atom is 2.00 e. The Kier molecular flexibility index (Phi) is 12600. The van der Waals surface area contributed by atoms with E-state index in [1.54, 1.807) is 0 Å². The van der Waals surface area contributed by atoms with Gasteiger partial charge in [-0.3, -0.25) is 0 Å². The van der Waals surface area contributed by atoms with E-state index >= 15 is 0 Å². The molecule has 0 unspecified atom stereocenters. The van der Waals surface area contributed by atoms with Crippen molar-refractivity contribution in [3.05, 3.63) is 0 Å². The summed E-state index contributed by atoms with van der Waals surface area (Å²) in [5.74, 6) is 0. The molecule has 0 aromatic heterocycles. The normalized spacial score (nSPS) is 0. The van der Waals surface area contributed by atoms with E-state index < -0.39 is 0 Å². The van der Waals surface area contributed by atoms with Crippen molar-refractivity contribution in [2.75, 3.05) is 0 Å². The van der Waals surface area contributed by atoms with E-state index in [-0.39, 0.29) is 94.6 Å². The Morgan fingerprint density at radius 3 is 0.333 bits per heavy atom. The van der Waals surface area contributed by atoms with Gasteiger partial charge in [-0.2, -0.15) is 0 Å². The molecule has 0 spiro atoms. The molecular formula is H7CaO7V-5. The van der Waals surface area contributed by atoms with E-state index in [0.29, 0.717) is 0 Å². The van der Waals surface area contributed by atoms with Gasteiger partial charge in [-0.05, 0) is 0 Å². The minimum atomic E-state index is 0. The standard InChI is InChI=1S/Ca.7H2O.V/h;7*1H2;/q+2;;;;;;;;/p-7. The molecule has 0 atom stereocenters. The molecule has 0 amide bonds. The Bertz CT molecular complexity index is 8.88. The van der Waals surface area contributed by atoms with Crippen LogP contribution in [0.3, 0.4) is 0 Å². The van der Waals surface area contributed by atoms with Crippen LogP contribution in [0.15, 0.2) is 0 Å².